The van der Waals surface area contributed by atoms with Crippen LogP contribution < -0.4 is 10.2 Å². The van der Waals surface area contributed by atoms with Crippen molar-refractivity contribution in [2.75, 3.05) is 43.4 Å². The molecule has 2 aromatic rings. The van der Waals surface area contributed by atoms with Crippen LogP contribution in [0.15, 0.2) is 24.4 Å². The second kappa shape index (κ2) is 7.49. The van der Waals surface area contributed by atoms with Crippen molar-refractivity contribution in [1.82, 2.24) is 9.88 Å². The van der Waals surface area contributed by atoms with E-state index in [0.29, 0.717) is 11.0 Å². The second-order valence-corrected chi connectivity index (χ2v) is 7.43. The number of benzene rings is 1. The van der Waals surface area contributed by atoms with Crippen LogP contribution in [-0.2, 0) is 13.2 Å². The van der Waals surface area contributed by atoms with Crippen molar-refractivity contribution < 1.29 is 5.11 Å². The normalized spacial score (nSPS) is 15.9. The third-order valence-electron chi connectivity index (χ3n) is 4.07. The molecule has 1 aliphatic heterocycles. The summed E-state index contributed by atoms with van der Waals surface area (Å²) in [5.41, 5.74) is 3.14. The van der Waals surface area contributed by atoms with Gasteiger partial charge in [0.15, 0.2) is 4.47 Å². The lowest BCUT2D eigenvalue weighted by Gasteiger charge is -2.35. The lowest BCUT2D eigenvalue weighted by Crippen LogP contribution is -2.44. The topological polar surface area (TPSA) is 51.6 Å². The molecule has 3 rings (SSSR count). The Kier molecular flexibility index (Phi) is 5.38. The number of nitrogens with zero attached hydrogens (tertiary/aromatic N) is 3. The van der Waals surface area contributed by atoms with E-state index >= 15 is 0 Å². The maximum absolute atomic E-state index is 9.41. The number of aliphatic hydroxyl groups is 1. The Bertz CT molecular complexity index is 655. The molecule has 1 aromatic carbocycles. The number of hydrogen-bond donors (Lipinski definition) is 2. The fourth-order valence-electron chi connectivity index (χ4n) is 2.69. The van der Waals surface area contributed by atoms with Crippen LogP contribution in [0, 0.1) is 0 Å². The van der Waals surface area contributed by atoms with Gasteiger partial charge in [0.25, 0.3) is 0 Å². The minimum absolute atomic E-state index is 0.0457. The fourth-order valence-corrected chi connectivity index (χ4v) is 3.61. The summed E-state index contributed by atoms with van der Waals surface area (Å²) in [7, 11) is 2.15. The van der Waals surface area contributed by atoms with Gasteiger partial charge in [-0.3, -0.25) is 0 Å². The third kappa shape index (κ3) is 4.14. The second-order valence-electron chi connectivity index (χ2n) is 5.73. The van der Waals surface area contributed by atoms with Crippen LogP contribution in [0.3, 0.4) is 0 Å². The van der Waals surface area contributed by atoms with Gasteiger partial charge >= 0.3 is 0 Å². The molecule has 0 radical (unpaired) electrons. The molecular weight excluding hydrogens is 332 g/mol. The van der Waals surface area contributed by atoms with E-state index in [0.717, 1.165) is 42.3 Å². The molecule has 1 fully saturated rings. The molecule has 2 heterocycles. The van der Waals surface area contributed by atoms with Gasteiger partial charge in [-0.15, -0.1) is 11.3 Å². The van der Waals surface area contributed by atoms with Gasteiger partial charge in [0.2, 0.25) is 0 Å². The molecular formula is C16H21ClN4OS. The van der Waals surface area contributed by atoms with Gasteiger partial charge in [-0.1, -0.05) is 17.7 Å². The van der Waals surface area contributed by atoms with Crippen LogP contribution in [0.25, 0.3) is 0 Å². The smallest absolute Gasteiger partial charge is 0.183 e. The molecule has 0 unspecified atom stereocenters. The van der Waals surface area contributed by atoms with Crippen molar-refractivity contribution in [3.05, 3.63) is 39.3 Å². The number of hydrogen-bond acceptors (Lipinski definition) is 6. The quantitative estimate of drug-likeness (QED) is 0.866. The van der Waals surface area contributed by atoms with Gasteiger partial charge in [0.1, 0.15) is 0 Å². The molecule has 1 saturated heterocycles. The van der Waals surface area contributed by atoms with Crippen LogP contribution in [0.1, 0.15) is 10.4 Å². The van der Waals surface area contributed by atoms with E-state index in [2.05, 4.69) is 33.2 Å². The number of aliphatic hydroxyl groups excluding tert-OH is 1. The van der Waals surface area contributed by atoms with Crippen LogP contribution in [0.5, 0.6) is 0 Å². The molecule has 1 aliphatic rings. The van der Waals surface area contributed by atoms with Crippen molar-refractivity contribution in [3.63, 3.8) is 0 Å². The number of halogens is 1. The summed E-state index contributed by atoms with van der Waals surface area (Å²) in [5, 5.41) is 12.9. The number of nitrogens with one attached hydrogen (secondary N) is 1. The number of thiazole rings is 1. The van der Waals surface area contributed by atoms with Crippen molar-refractivity contribution in [2.45, 2.75) is 13.2 Å². The average Bonchev–Trinajstić information content (AvgIpc) is 2.99. The van der Waals surface area contributed by atoms with Gasteiger partial charge in [-0.05, 0) is 24.7 Å². The van der Waals surface area contributed by atoms with Gasteiger partial charge in [0.05, 0.1) is 24.5 Å². The maximum Gasteiger partial charge on any atom is 0.183 e. The Morgan fingerprint density at radius 3 is 2.74 bits per heavy atom. The van der Waals surface area contributed by atoms with E-state index in [4.69, 9.17) is 11.6 Å². The van der Waals surface area contributed by atoms with E-state index in [1.807, 2.05) is 12.1 Å². The fraction of sp³-hybridized carbons (Fsp3) is 0.438. The monoisotopic (exact) mass is 352 g/mol. The van der Waals surface area contributed by atoms with Gasteiger partial charge < -0.3 is 20.2 Å². The number of aromatic nitrogens is 1. The van der Waals surface area contributed by atoms with Crippen LogP contribution in [0.4, 0.5) is 11.4 Å². The molecule has 7 heteroatoms. The molecule has 124 valence electrons. The Labute approximate surface area is 145 Å². The summed E-state index contributed by atoms with van der Waals surface area (Å²) in [6, 6.07) is 6.11. The van der Waals surface area contributed by atoms with E-state index < -0.39 is 0 Å². The Morgan fingerprint density at radius 2 is 2.09 bits per heavy atom. The summed E-state index contributed by atoms with van der Waals surface area (Å²) in [4.78, 5) is 9.89. The molecule has 1 aromatic heterocycles. The molecule has 2 N–H and O–H groups in total. The van der Waals surface area contributed by atoms with Gasteiger partial charge in [-0.2, -0.15) is 0 Å². The summed E-state index contributed by atoms with van der Waals surface area (Å²) in [6.07, 6.45) is 1.80. The first kappa shape index (κ1) is 16.5. The lowest BCUT2D eigenvalue weighted by molar-refractivity contribution is 0.282. The van der Waals surface area contributed by atoms with Crippen molar-refractivity contribution in [3.8, 4) is 0 Å². The standard InChI is InChI=1S/C16H21ClN4OS/c1-20-4-6-21(7-5-20)15-3-2-12(11-22)8-14(15)18-9-13-10-19-16(17)23-13/h2-3,8,10,18,22H,4-7,9,11H2,1H3. The van der Waals surface area contributed by atoms with Crippen molar-refractivity contribution in [2.24, 2.45) is 0 Å². The minimum atomic E-state index is 0.0457. The highest BCUT2D eigenvalue weighted by Gasteiger charge is 2.17. The number of piperazine rings is 1. The summed E-state index contributed by atoms with van der Waals surface area (Å²) >= 11 is 7.37. The summed E-state index contributed by atoms with van der Waals surface area (Å²) in [6.45, 7) is 4.87. The van der Waals surface area contributed by atoms with Crippen molar-refractivity contribution >= 4 is 34.3 Å². The molecule has 0 amide bonds. The Balaban J connectivity index is 1.78. The first-order valence-corrected chi connectivity index (χ1v) is 8.86. The van der Waals surface area contributed by atoms with Gasteiger partial charge in [0, 0.05) is 37.3 Å². The van der Waals surface area contributed by atoms with E-state index in [1.165, 1.54) is 17.0 Å². The summed E-state index contributed by atoms with van der Waals surface area (Å²) in [5.74, 6) is 0. The number of rotatable bonds is 5. The highest BCUT2D eigenvalue weighted by molar-refractivity contribution is 7.15. The van der Waals surface area contributed by atoms with E-state index in [1.54, 1.807) is 6.20 Å². The van der Waals surface area contributed by atoms with Crippen molar-refractivity contribution in [1.29, 1.82) is 0 Å². The first-order valence-electron chi connectivity index (χ1n) is 7.67. The minimum Gasteiger partial charge on any atom is -0.392 e. The zero-order valence-electron chi connectivity index (χ0n) is 13.1. The van der Waals surface area contributed by atoms with Crippen LogP contribution in [-0.4, -0.2) is 48.2 Å². The highest BCUT2D eigenvalue weighted by Crippen LogP contribution is 2.29. The highest BCUT2D eigenvalue weighted by atomic mass is 35.5. The first-order chi connectivity index (χ1) is 11.2. The SMILES string of the molecule is CN1CCN(c2ccc(CO)cc2NCc2cnc(Cl)s2)CC1. The van der Waals surface area contributed by atoms with Crippen LogP contribution in [0.2, 0.25) is 4.47 Å². The number of anilines is 2. The van der Waals surface area contributed by atoms with E-state index in [9.17, 15) is 5.11 Å². The molecule has 0 aliphatic carbocycles. The largest absolute Gasteiger partial charge is 0.392 e. The lowest BCUT2D eigenvalue weighted by atomic mass is 10.1. The molecule has 0 spiro atoms. The maximum atomic E-state index is 9.41. The number of likely N-dealkylation sites (N-methyl/N-ethyl adjacent to an activating group) is 1. The third-order valence-corrected chi connectivity index (χ3v) is 5.18. The predicted octanol–water partition coefficient (Wildman–Crippen LogP) is 2.65. The van der Waals surface area contributed by atoms with Crippen LogP contribution >= 0.6 is 22.9 Å². The zero-order chi connectivity index (χ0) is 16.2. The van der Waals surface area contributed by atoms with Gasteiger partial charge in [-0.25, -0.2) is 4.98 Å². The molecule has 0 atom stereocenters. The molecule has 5 nitrogen and oxygen atoms in total. The Morgan fingerprint density at radius 1 is 1.30 bits per heavy atom. The average molecular weight is 353 g/mol. The zero-order valence-corrected chi connectivity index (χ0v) is 14.7. The van der Waals surface area contributed by atoms with E-state index in [-0.39, 0.29) is 6.61 Å². The molecule has 23 heavy (non-hydrogen) atoms. The molecule has 0 saturated carbocycles. The predicted molar refractivity (Wildman–Crippen MR) is 96.5 cm³/mol. The summed E-state index contributed by atoms with van der Waals surface area (Å²) < 4.78 is 0.560. The molecule has 0 bridgehead atoms. The Hall–Kier alpha value is -1.34.